The van der Waals surface area contributed by atoms with Gasteiger partial charge in [-0.25, -0.2) is 9.78 Å². The molecule has 0 saturated carbocycles. The van der Waals surface area contributed by atoms with Gasteiger partial charge in [-0.15, -0.1) is 0 Å². The third-order valence-electron chi connectivity index (χ3n) is 6.25. The lowest BCUT2D eigenvalue weighted by Gasteiger charge is -2.17. The van der Waals surface area contributed by atoms with Crippen LogP contribution in [0.15, 0.2) is 42.6 Å². The number of benzene rings is 2. The lowest BCUT2D eigenvalue weighted by Crippen LogP contribution is -2.25. The third kappa shape index (κ3) is 6.56. The standard InChI is InChI=1S/C26H28N8O4S/c1-16(35)29-21-13-18(7-8-22(21)38-12-11-34-9-2-3-10-34)30-26-28-15-19(25(36)37)24(31-26)27-14-17-5-4-6-20-23(17)33-39-32-20/h4-8,13,15H,2-3,9-12,14H2,1H3,(H,29,35)(H,36,37)(H2,27,28,30,31). The number of anilines is 4. The molecule has 5 rings (SSSR count). The normalized spacial score (nSPS) is 13.4. The van der Waals surface area contributed by atoms with E-state index in [0.29, 0.717) is 30.3 Å². The molecule has 12 nitrogen and oxygen atoms in total. The van der Waals surface area contributed by atoms with Gasteiger partial charge in [-0.05, 0) is 50.2 Å². The van der Waals surface area contributed by atoms with Gasteiger partial charge in [0.2, 0.25) is 11.9 Å². The van der Waals surface area contributed by atoms with Gasteiger partial charge in [-0.3, -0.25) is 9.69 Å². The summed E-state index contributed by atoms with van der Waals surface area (Å²) in [7, 11) is 0. The lowest BCUT2D eigenvalue weighted by molar-refractivity contribution is -0.114. The fourth-order valence-electron chi connectivity index (χ4n) is 4.36. The molecule has 2 aromatic heterocycles. The van der Waals surface area contributed by atoms with Crippen molar-refractivity contribution < 1.29 is 19.4 Å². The smallest absolute Gasteiger partial charge is 0.341 e. The number of likely N-dealkylation sites (tertiary alicyclic amines) is 1. The second kappa shape index (κ2) is 12.0. The van der Waals surface area contributed by atoms with Crippen molar-refractivity contribution in [2.75, 3.05) is 42.2 Å². The molecule has 1 aliphatic heterocycles. The summed E-state index contributed by atoms with van der Waals surface area (Å²) in [5, 5.41) is 18.6. The highest BCUT2D eigenvalue weighted by atomic mass is 32.1. The Labute approximate surface area is 228 Å². The molecule has 13 heteroatoms. The summed E-state index contributed by atoms with van der Waals surface area (Å²) in [5.74, 6) is -0.474. The van der Waals surface area contributed by atoms with E-state index in [1.165, 1.54) is 26.0 Å². The Kier molecular flexibility index (Phi) is 8.08. The molecule has 202 valence electrons. The Hall–Kier alpha value is -4.36. The fraction of sp³-hybridized carbons (Fsp3) is 0.308. The minimum absolute atomic E-state index is 0.0650. The van der Waals surface area contributed by atoms with Gasteiger partial charge < -0.3 is 25.8 Å². The summed E-state index contributed by atoms with van der Waals surface area (Å²) in [6, 6.07) is 10.9. The predicted octanol–water partition coefficient (Wildman–Crippen LogP) is 3.97. The van der Waals surface area contributed by atoms with E-state index in [1.54, 1.807) is 18.2 Å². The van der Waals surface area contributed by atoms with Crippen molar-refractivity contribution in [2.45, 2.75) is 26.3 Å². The van der Waals surface area contributed by atoms with E-state index in [9.17, 15) is 14.7 Å². The zero-order chi connectivity index (χ0) is 27.2. The number of fused-ring (bicyclic) bond motifs is 1. The highest BCUT2D eigenvalue weighted by molar-refractivity contribution is 7.00. The zero-order valence-electron chi connectivity index (χ0n) is 21.3. The van der Waals surface area contributed by atoms with Crippen LogP contribution in [0.25, 0.3) is 11.0 Å². The minimum atomic E-state index is -1.15. The van der Waals surface area contributed by atoms with E-state index < -0.39 is 5.97 Å². The number of ether oxygens (including phenoxy) is 1. The van der Waals surface area contributed by atoms with Crippen molar-refractivity contribution in [1.82, 2.24) is 23.6 Å². The van der Waals surface area contributed by atoms with Crippen molar-refractivity contribution >= 4 is 57.8 Å². The van der Waals surface area contributed by atoms with Crippen LogP contribution in [0.3, 0.4) is 0 Å². The first kappa shape index (κ1) is 26.3. The first-order valence-electron chi connectivity index (χ1n) is 12.5. The number of aromatic nitrogens is 4. The highest BCUT2D eigenvalue weighted by Crippen LogP contribution is 2.30. The molecule has 0 spiro atoms. The van der Waals surface area contributed by atoms with Crippen molar-refractivity contribution in [3.63, 3.8) is 0 Å². The van der Waals surface area contributed by atoms with Crippen LogP contribution < -0.4 is 20.7 Å². The second-order valence-electron chi connectivity index (χ2n) is 9.08. The summed E-state index contributed by atoms with van der Waals surface area (Å²) in [4.78, 5) is 34.6. The fourth-order valence-corrected chi connectivity index (χ4v) is 4.93. The summed E-state index contributed by atoms with van der Waals surface area (Å²) in [6.45, 7) is 5.24. The van der Waals surface area contributed by atoms with Crippen LogP contribution >= 0.6 is 11.7 Å². The van der Waals surface area contributed by atoms with Crippen LogP contribution in [-0.2, 0) is 11.3 Å². The number of carboxylic acids is 1. The van der Waals surface area contributed by atoms with E-state index in [2.05, 4.69) is 39.6 Å². The molecule has 0 radical (unpaired) electrons. The Bertz CT molecular complexity index is 1490. The molecule has 4 aromatic rings. The van der Waals surface area contributed by atoms with E-state index in [1.807, 2.05) is 18.2 Å². The molecule has 2 aromatic carbocycles. The SMILES string of the molecule is CC(=O)Nc1cc(Nc2ncc(C(=O)O)c(NCc3cccc4nsnc34)n2)ccc1OCCN1CCCC1. The number of hydrogen-bond acceptors (Lipinski definition) is 11. The molecule has 39 heavy (non-hydrogen) atoms. The first-order valence-corrected chi connectivity index (χ1v) is 13.3. The second-order valence-corrected chi connectivity index (χ2v) is 9.61. The van der Waals surface area contributed by atoms with Gasteiger partial charge in [0.15, 0.2) is 0 Å². The maximum atomic E-state index is 11.8. The van der Waals surface area contributed by atoms with Crippen molar-refractivity contribution in [1.29, 1.82) is 0 Å². The van der Waals surface area contributed by atoms with Crippen molar-refractivity contribution in [2.24, 2.45) is 0 Å². The van der Waals surface area contributed by atoms with Crippen molar-refractivity contribution in [3.05, 3.63) is 53.7 Å². The van der Waals surface area contributed by atoms with E-state index >= 15 is 0 Å². The Morgan fingerprint density at radius 1 is 1.15 bits per heavy atom. The number of carbonyl (C=O) groups excluding carboxylic acids is 1. The van der Waals surface area contributed by atoms with Gasteiger partial charge in [-0.2, -0.15) is 13.7 Å². The van der Waals surface area contributed by atoms with Gasteiger partial charge in [0.1, 0.15) is 34.8 Å². The highest BCUT2D eigenvalue weighted by Gasteiger charge is 2.16. The van der Waals surface area contributed by atoms with Crippen LogP contribution in [0.4, 0.5) is 23.1 Å². The molecule has 3 heterocycles. The molecular formula is C26H28N8O4S. The predicted molar refractivity (Wildman–Crippen MR) is 149 cm³/mol. The summed E-state index contributed by atoms with van der Waals surface area (Å²) in [5.41, 5.74) is 3.45. The van der Waals surface area contributed by atoms with Crippen LogP contribution in [0.5, 0.6) is 5.75 Å². The third-order valence-corrected chi connectivity index (χ3v) is 6.79. The van der Waals surface area contributed by atoms with E-state index in [4.69, 9.17) is 4.74 Å². The zero-order valence-corrected chi connectivity index (χ0v) is 22.1. The Morgan fingerprint density at radius 2 is 2.00 bits per heavy atom. The average molecular weight is 549 g/mol. The number of carboxylic acid groups (broad SMARTS) is 1. The number of aromatic carboxylic acids is 1. The summed E-state index contributed by atoms with van der Waals surface area (Å²) in [6.07, 6.45) is 3.67. The maximum absolute atomic E-state index is 11.8. The lowest BCUT2D eigenvalue weighted by atomic mass is 10.2. The molecule has 1 amide bonds. The minimum Gasteiger partial charge on any atom is -0.490 e. The van der Waals surface area contributed by atoms with Gasteiger partial charge in [0.25, 0.3) is 0 Å². The number of nitrogens with zero attached hydrogens (tertiary/aromatic N) is 5. The number of carbonyl (C=O) groups is 2. The summed E-state index contributed by atoms with van der Waals surface area (Å²) >= 11 is 1.12. The van der Waals surface area contributed by atoms with Crippen molar-refractivity contribution in [3.8, 4) is 5.75 Å². The monoisotopic (exact) mass is 548 g/mol. The molecule has 0 atom stereocenters. The molecule has 1 aliphatic rings. The number of hydrogen-bond donors (Lipinski definition) is 4. The van der Waals surface area contributed by atoms with Gasteiger partial charge >= 0.3 is 5.97 Å². The molecule has 4 N–H and O–H groups in total. The molecular weight excluding hydrogens is 520 g/mol. The molecule has 1 fully saturated rings. The van der Waals surface area contributed by atoms with Crippen LogP contribution in [0.1, 0.15) is 35.7 Å². The summed E-state index contributed by atoms with van der Waals surface area (Å²) < 4.78 is 14.5. The molecule has 0 unspecified atom stereocenters. The van der Waals surface area contributed by atoms with Crippen LogP contribution in [0.2, 0.25) is 0 Å². The molecule has 0 aliphatic carbocycles. The topological polar surface area (TPSA) is 154 Å². The first-order chi connectivity index (χ1) is 19.0. The van der Waals surface area contributed by atoms with Crippen LogP contribution in [0, 0.1) is 0 Å². The Morgan fingerprint density at radius 3 is 2.79 bits per heavy atom. The quantitative estimate of drug-likeness (QED) is 0.215. The number of nitrogens with one attached hydrogen (secondary N) is 3. The van der Waals surface area contributed by atoms with Gasteiger partial charge in [0, 0.05) is 37.5 Å². The average Bonchev–Trinajstić information content (AvgIpc) is 3.61. The van der Waals surface area contributed by atoms with Gasteiger partial charge in [-0.1, -0.05) is 12.1 Å². The van der Waals surface area contributed by atoms with Crippen LogP contribution in [-0.4, -0.2) is 66.8 Å². The number of amides is 1. The molecule has 1 saturated heterocycles. The number of rotatable bonds is 11. The van der Waals surface area contributed by atoms with E-state index in [-0.39, 0.29) is 23.2 Å². The van der Waals surface area contributed by atoms with E-state index in [0.717, 1.165) is 48.0 Å². The Balaban J connectivity index is 1.32. The molecule has 0 bridgehead atoms. The van der Waals surface area contributed by atoms with Gasteiger partial charge in [0.05, 0.1) is 17.4 Å². The largest absolute Gasteiger partial charge is 0.490 e. The maximum Gasteiger partial charge on any atom is 0.341 e.